The van der Waals surface area contributed by atoms with E-state index < -0.39 is 0 Å². The number of benzene rings is 6. The number of fused-ring (bicyclic) bond motifs is 14. The fourth-order valence-electron chi connectivity index (χ4n) is 7.50. The molecule has 0 N–H and O–H groups in total. The van der Waals surface area contributed by atoms with E-state index in [1.54, 1.807) is 0 Å². The first-order valence-corrected chi connectivity index (χ1v) is 16.5. The Morgan fingerprint density at radius 3 is 2.19 bits per heavy atom. The minimum Gasteiger partial charge on any atom is -0.276 e. The zero-order valence-corrected chi connectivity index (χ0v) is 25.7. The summed E-state index contributed by atoms with van der Waals surface area (Å²) in [5, 5.41) is 7.17. The van der Waals surface area contributed by atoms with Crippen molar-refractivity contribution in [2.24, 2.45) is 0 Å². The SMILES string of the molecule is c1ccc2c(c1)nc1n(-c3ccc4c5ccccc5c5cccnc5c4n3)c3ccc(-c4cccc5c4sc4ccccc45)cc3n21. The third-order valence-electron chi connectivity index (χ3n) is 9.56. The fourth-order valence-corrected chi connectivity index (χ4v) is 8.74. The first-order valence-electron chi connectivity index (χ1n) is 15.7. The summed E-state index contributed by atoms with van der Waals surface area (Å²) in [6, 6.07) is 47.5. The van der Waals surface area contributed by atoms with Crippen molar-refractivity contribution in [2.45, 2.75) is 0 Å². The Hall–Kier alpha value is -6.11. The molecule has 6 aromatic carbocycles. The zero-order chi connectivity index (χ0) is 30.6. The van der Waals surface area contributed by atoms with Crippen molar-refractivity contribution in [1.82, 2.24) is 23.9 Å². The normalized spacial score (nSPS) is 12.3. The Morgan fingerprint density at radius 1 is 0.511 bits per heavy atom. The summed E-state index contributed by atoms with van der Waals surface area (Å²) >= 11 is 1.86. The number of rotatable bonds is 2. The van der Waals surface area contributed by atoms with E-state index in [1.165, 1.54) is 42.1 Å². The summed E-state index contributed by atoms with van der Waals surface area (Å²) in [5.74, 6) is 1.65. The highest BCUT2D eigenvalue weighted by Crippen LogP contribution is 2.41. The van der Waals surface area contributed by atoms with Gasteiger partial charge in [-0.1, -0.05) is 84.9 Å². The van der Waals surface area contributed by atoms with E-state index in [-0.39, 0.29) is 0 Å². The molecule has 0 unspecified atom stereocenters. The zero-order valence-electron chi connectivity index (χ0n) is 24.9. The monoisotopic (exact) mass is 617 g/mol. The van der Waals surface area contributed by atoms with Crippen molar-refractivity contribution >= 4 is 91.9 Å². The molecule has 0 spiro atoms. The van der Waals surface area contributed by atoms with Crippen LogP contribution in [0.5, 0.6) is 0 Å². The molecule has 0 radical (unpaired) electrons. The van der Waals surface area contributed by atoms with Gasteiger partial charge in [-0.25, -0.2) is 9.97 Å². The molecule has 0 saturated carbocycles. The van der Waals surface area contributed by atoms with Gasteiger partial charge < -0.3 is 0 Å². The highest BCUT2D eigenvalue weighted by atomic mass is 32.1. The highest BCUT2D eigenvalue weighted by Gasteiger charge is 2.20. The molecule has 0 aliphatic heterocycles. The Morgan fingerprint density at radius 2 is 1.28 bits per heavy atom. The lowest BCUT2D eigenvalue weighted by Gasteiger charge is -2.11. The van der Waals surface area contributed by atoms with E-state index in [4.69, 9.17) is 15.0 Å². The number of aromatic nitrogens is 5. The third-order valence-corrected chi connectivity index (χ3v) is 10.8. The molecule has 5 nitrogen and oxygen atoms in total. The molecule has 11 aromatic rings. The average Bonchev–Trinajstić information content (AvgIpc) is 3.80. The maximum Gasteiger partial charge on any atom is 0.221 e. The minimum atomic E-state index is 0.814. The van der Waals surface area contributed by atoms with Gasteiger partial charge in [0.15, 0.2) is 0 Å². The van der Waals surface area contributed by atoms with Crippen LogP contribution in [-0.4, -0.2) is 23.9 Å². The predicted molar refractivity (Wildman–Crippen MR) is 196 cm³/mol. The smallest absolute Gasteiger partial charge is 0.221 e. The van der Waals surface area contributed by atoms with Crippen molar-refractivity contribution in [2.75, 3.05) is 0 Å². The van der Waals surface area contributed by atoms with Crippen molar-refractivity contribution in [3.05, 3.63) is 140 Å². The Labute approximate surface area is 271 Å². The molecular weight excluding hydrogens is 595 g/mol. The maximum absolute atomic E-state index is 5.36. The number of para-hydroxylation sites is 2. The predicted octanol–water partition coefficient (Wildman–Crippen LogP) is 10.7. The second kappa shape index (κ2) is 9.22. The van der Waals surface area contributed by atoms with Crippen LogP contribution in [-0.2, 0) is 0 Å². The van der Waals surface area contributed by atoms with E-state index in [0.717, 1.165) is 55.5 Å². The van der Waals surface area contributed by atoms with Crippen LogP contribution in [0.3, 0.4) is 0 Å². The van der Waals surface area contributed by atoms with Gasteiger partial charge in [-0.05, 0) is 70.4 Å². The van der Waals surface area contributed by atoms with Crippen LogP contribution in [0.4, 0.5) is 0 Å². The molecule has 0 fully saturated rings. The molecule has 0 saturated heterocycles. The fraction of sp³-hybridized carbons (Fsp3) is 0. The van der Waals surface area contributed by atoms with Crippen molar-refractivity contribution < 1.29 is 0 Å². The molecule has 11 rings (SSSR count). The standard InChI is InChI=1S/C41H23N5S/c1-2-10-27-26(9-1)29-14-8-22-42-38(29)39-30(27)19-21-37(44-39)46-34-20-18-24(23-35(34)45-33-16-5-4-15-32(33)43-41(45)46)25-12-7-13-31-28-11-3-6-17-36(28)47-40(25)31/h1-23H. The van der Waals surface area contributed by atoms with E-state index in [9.17, 15) is 0 Å². The van der Waals surface area contributed by atoms with Gasteiger partial charge in [0.05, 0.1) is 33.1 Å². The number of imidazole rings is 2. The van der Waals surface area contributed by atoms with Gasteiger partial charge in [0, 0.05) is 37.1 Å². The number of hydrogen-bond acceptors (Lipinski definition) is 4. The van der Waals surface area contributed by atoms with Crippen LogP contribution in [0.1, 0.15) is 0 Å². The number of nitrogens with zero attached hydrogens (tertiary/aromatic N) is 5. The average molecular weight is 618 g/mol. The second-order valence-electron chi connectivity index (χ2n) is 12.1. The first-order chi connectivity index (χ1) is 23.3. The lowest BCUT2D eigenvalue weighted by Crippen LogP contribution is -1.99. The number of hydrogen-bond donors (Lipinski definition) is 0. The molecule has 0 atom stereocenters. The summed E-state index contributed by atoms with van der Waals surface area (Å²) in [7, 11) is 0. The van der Waals surface area contributed by atoms with Crippen LogP contribution >= 0.6 is 11.3 Å². The minimum absolute atomic E-state index is 0.814. The largest absolute Gasteiger partial charge is 0.276 e. The summed E-state index contributed by atoms with van der Waals surface area (Å²) in [6.45, 7) is 0. The van der Waals surface area contributed by atoms with Gasteiger partial charge in [0.1, 0.15) is 5.82 Å². The summed E-state index contributed by atoms with van der Waals surface area (Å²) in [4.78, 5) is 15.4. The number of thiophene rings is 1. The van der Waals surface area contributed by atoms with Gasteiger partial charge in [0.2, 0.25) is 5.78 Å². The molecule has 218 valence electrons. The Kier molecular flexibility index (Phi) is 4.93. The lowest BCUT2D eigenvalue weighted by atomic mass is 10.00. The Bertz CT molecular complexity index is 3060. The van der Waals surface area contributed by atoms with E-state index in [0.29, 0.717) is 0 Å². The molecule has 0 aliphatic carbocycles. The molecule has 5 aromatic heterocycles. The van der Waals surface area contributed by atoms with E-state index in [2.05, 4.69) is 130 Å². The molecular formula is C41H23N5S. The number of pyridine rings is 2. The van der Waals surface area contributed by atoms with E-state index >= 15 is 0 Å². The molecule has 6 heteroatoms. The van der Waals surface area contributed by atoms with Crippen molar-refractivity contribution in [1.29, 1.82) is 0 Å². The molecule has 0 aliphatic rings. The summed E-state index contributed by atoms with van der Waals surface area (Å²) < 4.78 is 7.09. The van der Waals surface area contributed by atoms with Gasteiger partial charge in [0.25, 0.3) is 0 Å². The first kappa shape index (κ1) is 25.1. The van der Waals surface area contributed by atoms with Crippen LogP contribution in [0, 0.1) is 0 Å². The molecule has 47 heavy (non-hydrogen) atoms. The van der Waals surface area contributed by atoms with Gasteiger partial charge in [-0.2, -0.15) is 0 Å². The van der Waals surface area contributed by atoms with Crippen molar-refractivity contribution in [3.8, 4) is 16.9 Å². The summed E-state index contributed by atoms with van der Waals surface area (Å²) in [6.07, 6.45) is 1.86. The Balaban J connectivity index is 1.22. The molecule has 5 heterocycles. The van der Waals surface area contributed by atoms with Crippen molar-refractivity contribution in [3.63, 3.8) is 0 Å². The summed E-state index contributed by atoms with van der Waals surface area (Å²) in [5.41, 5.74) is 8.38. The third kappa shape index (κ3) is 3.39. The second-order valence-corrected chi connectivity index (χ2v) is 13.1. The van der Waals surface area contributed by atoms with Crippen LogP contribution in [0.2, 0.25) is 0 Å². The van der Waals surface area contributed by atoms with Crippen LogP contribution in [0.15, 0.2) is 140 Å². The van der Waals surface area contributed by atoms with Gasteiger partial charge in [-0.15, -0.1) is 11.3 Å². The van der Waals surface area contributed by atoms with Crippen LogP contribution in [0.25, 0.3) is 97.5 Å². The van der Waals surface area contributed by atoms with E-state index in [1.807, 2.05) is 29.7 Å². The van der Waals surface area contributed by atoms with Crippen LogP contribution < -0.4 is 0 Å². The quantitative estimate of drug-likeness (QED) is 0.181. The molecule has 0 bridgehead atoms. The van der Waals surface area contributed by atoms with Gasteiger partial charge >= 0.3 is 0 Å². The van der Waals surface area contributed by atoms with Gasteiger partial charge in [-0.3, -0.25) is 14.0 Å². The molecule has 0 amide bonds. The lowest BCUT2D eigenvalue weighted by molar-refractivity contribution is 1.06. The maximum atomic E-state index is 5.36. The highest BCUT2D eigenvalue weighted by molar-refractivity contribution is 7.26. The topological polar surface area (TPSA) is 48.0 Å².